The Morgan fingerprint density at radius 3 is 2.14 bits per heavy atom. The summed E-state index contributed by atoms with van der Waals surface area (Å²) in [5.41, 5.74) is 9.58. The molecule has 0 saturated carbocycles. The van der Waals surface area contributed by atoms with Crippen LogP contribution < -0.4 is 4.90 Å². The Balaban J connectivity index is 1.82. The third-order valence-corrected chi connectivity index (χ3v) is 4.55. The van der Waals surface area contributed by atoms with E-state index in [9.17, 15) is 0 Å². The largest absolute Gasteiger partial charge is 0.378 e. The standard InChI is InChI=1S/C21H19N/c1-22(2)17-12-10-15(11-13-17)18-8-5-9-20-19-7-4-3-6-16(19)14-21(18)20/h3-13H,14H2,1-2H3. The van der Waals surface area contributed by atoms with Gasteiger partial charge in [0.25, 0.3) is 0 Å². The molecule has 4 rings (SSSR count). The van der Waals surface area contributed by atoms with Crippen molar-refractivity contribution < 1.29 is 0 Å². The molecule has 1 nitrogen and oxygen atoms in total. The first-order chi connectivity index (χ1) is 10.7. The molecule has 0 spiro atoms. The molecule has 1 aliphatic rings. The van der Waals surface area contributed by atoms with Gasteiger partial charge in [0, 0.05) is 19.8 Å². The second-order valence-corrected chi connectivity index (χ2v) is 6.11. The van der Waals surface area contributed by atoms with E-state index in [-0.39, 0.29) is 0 Å². The van der Waals surface area contributed by atoms with Crippen LogP contribution in [0.3, 0.4) is 0 Å². The molecule has 1 aliphatic carbocycles. The molecule has 0 aromatic heterocycles. The van der Waals surface area contributed by atoms with Gasteiger partial charge in [-0.3, -0.25) is 0 Å². The topological polar surface area (TPSA) is 3.24 Å². The lowest BCUT2D eigenvalue weighted by Gasteiger charge is -2.14. The first-order valence-electron chi connectivity index (χ1n) is 7.72. The Morgan fingerprint density at radius 1 is 0.682 bits per heavy atom. The highest BCUT2D eigenvalue weighted by Gasteiger charge is 2.20. The first kappa shape index (κ1) is 13.1. The molecule has 0 saturated heterocycles. The van der Waals surface area contributed by atoms with Crippen LogP contribution in [0.2, 0.25) is 0 Å². The van der Waals surface area contributed by atoms with Crippen LogP contribution in [-0.4, -0.2) is 14.1 Å². The van der Waals surface area contributed by atoms with Gasteiger partial charge in [-0.25, -0.2) is 0 Å². The minimum absolute atomic E-state index is 1.04. The van der Waals surface area contributed by atoms with Crippen molar-refractivity contribution in [2.24, 2.45) is 0 Å². The Labute approximate surface area is 131 Å². The molecule has 0 radical (unpaired) electrons. The summed E-state index contributed by atoms with van der Waals surface area (Å²) in [7, 11) is 4.15. The van der Waals surface area contributed by atoms with Crippen LogP contribution in [0.4, 0.5) is 5.69 Å². The first-order valence-corrected chi connectivity index (χ1v) is 7.72. The fourth-order valence-corrected chi connectivity index (χ4v) is 3.37. The summed E-state index contributed by atoms with van der Waals surface area (Å²) in [6.45, 7) is 0. The molecule has 0 atom stereocenters. The molecule has 0 aliphatic heterocycles. The number of rotatable bonds is 2. The normalized spacial score (nSPS) is 11.9. The summed E-state index contributed by atoms with van der Waals surface area (Å²) in [6, 6.07) is 24.3. The molecule has 0 amide bonds. The summed E-state index contributed by atoms with van der Waals surface area (Å²) in [6.07, 6.45) is 1.04. The fourth-order valence-electron chi connectivity index (χ4n) is 3.37. The number of benzene rings is 3. The highest BCUT2D eigenvalue weighted by Crippen LogP contribution is 2.41. The summed E-state index contributed by atoms with van der Waals surface area (Å²) < 4.78 is 0. The average molecular weight is 285 g/mol. The maximum Gasteiger partial charge on any atom is 0.0361 e. The molecule has 22 heavy (non-hydrogen) atoms. The van der Waals surface area contributed by atoms with E-state index in [2.05, 4.69) is 85.7 Å². The molecule has 0 heterocycles. The maximum atomic E-state index is 2.25. The fraction of sp³-hybridized carbons (Fsp3) is 0.143. The van der Waals surface area contributed by atoms with E-state index in [1.165, 1.54) is 39.1 Å². The highest BCUT2D eigenvalue weighted by atomic mass is 15.1. The predicted molar refractivity (Wildman–Crippen MR) is 94.4 cm³/mol. The second-order valence-electron chi connectivity index (χ2n) is 6.11. The SMILES string of the molecule is CN(C)c1ccc(-c2cccc3c2Cc2ccccc2-3)cc1. The molecule has 0 fully saturated rings. The Kier molecular flexibility index (Phi) is 3.00. The van der Waals surface area contributed by atoms with Crippen molar-refractivity contribution >= 4 is 5.69 Å². The minimum atomic E-state index is 1.04. The van der Waals surface area contributed by atoms with Crippen LogP contribution in [0, 0.1) is 0 Å². The summed E-state index contributed by atoms with van der Waals surface area (Å²) in [4.78, 5) is 2.13. The number of hydrogen-bond donors (Lipinski definition) is 0. The third kappa shape index (κ3) is 2.01. The summed E-state index contributed by atoms with van der Waals surface area (Å²) >= 11 is 0. The number of anilines is 1. The van der Waals surface area contributed by atoms with Gasteiger partial charge in [-0.1, -0.05) is 54.6 Å². The van der Waals surface area contributed by atoms with Gasteiger partial charge in [-0.15, -0.1) is 0 Å². The number of fused-ring (bicyclic) bond motifs is 3. The van der Waals surface area contributed by atoms with E-state index in [0.717, 1.165) is 6.42 Å². The van der Waals surface area contributed by atoms with E-state index in [1.807, 2.05) is 0 Å². The summed E-state index contributed by atoms with van der Waals surface area (Å²) in [5, 5.41) is 0. The molecular weight excluding hydrogens is 266 g/mol. The van der Waals surface area contributed by atoms with Gasteiger partial charge in [0.1, 0.15) is 0 Å². The smallest absolute Gasteiger partial charge is 0.0361 e. The van der Waals surface area contributed by atoms with Crippen molar-refractivity contribution in [3.05, 3.63) is 77.9 Å². The van der Waals surface area contributed by atoms with Crippen LogP contribution in [0.25, 0.3) is 22.3 Å². The van der Waals surface area contributed by atoms with Gasteiger partial charge >= 0.3 is 0 Å². The Hall–Kier alpha value is -2.54. The van der Waals surface area contributed by atoms with Crippen molar-refractivity contribution in [2.75, 3.05) is 19.0 Å². The zero-order chi connectivity index (χ0) is 15.1. The average Bonchev–Trinajstić information content (AvgIpc) is 2.93. The van der Waals surface area contributed by atoms with Crippen LogP contribution in [0.15, 0.2) is 66.7 Å². The minimum Gasteiger partial charge on any atom is -0.378 e. The molecule has 0 unspecified atom stereocenters. The lowest BCUT2D eigenvalue weighted by molar-refractivity contribution is 1.13. The zero-order valence-electron chi connectivity index (χ0n) is 13.0. The van der Waals surface area contributed by atoms with Gasteiger partial charge in [0.05, 0.1) is 0 Å². The van der Waals surface area contributed by atoms with Gasteiger partial charge in [-0.05, 0) is 51.9 Å². The van der Waals surface area contributed by atoms with Crippen LogP contribution in [0.5, 0.6) is 0 Å². The lowest BCUT2D eigenvalue weighted by Crippen LogP contribution is -2.07. The molecular formula is C21H19N. The molecule has 0 N–H and O–H groups in total. The van der Waals surface area contributed by atoms with Crippen molar-refractivity contribution in [1.29, 1.82) is 0 Å². The van der Waals surface area contributed by atoms with Gasteiger partial charge in [0.15, 0.2) is 0 Å². The summed E-state index contributed by atoms with van der Waals surface area (Å²) in [5.74, 6) is 0. The van der Waals surface area contributed by atoms with E-state index in [0.29, 0.717) is 0 Å². The van der Waals surface area contributed by atoms with E-state index in [1.54, 1.807) is 0 Å². The maximum absolute atomic E-state index is 2.25. The lowest BCUT2D eigenvalue weighted by atomic mass is 9.95. The molecule has 3 aromatic carbocycles. The van der Waals surface area contributed by atoms with E-state index in [4.69, 9.17) is 0 Å². The molecule has 0 bridgehead atoms. The quantitative estimate of drug-likeness (QED) is 0.501. The molecule has 3 aromatic rings. The van der Waals surface area contributed by atoms with Crippen molar-refractivity contribution in [1.82, 2.24) is 0 Å². The van der Waals surface area contributed by atoms with Crippen LogP contribution in [-0.2, 0) is 6.42 Å². The van der Waals surface area contributed by atoms with Crippen molar-refractivity contribution in [2.45, 2.75) is 6.42 Å². The van der Waals surface area contributed by atoms with Crippen LogP contribution in [0.1, 0.15) is 11.1 Å². The van der Waals surface area contributed by atoms with Gasteiger partial charge in [0.2, 0.25) is 0 Å². The second kappa shape index (κ2) is 5.03. The van der Waals surface area contributed by atoms with Crippen LogP contribution >= 0.6 is 0 Å². The Morgan fingerprint density at radius 2 is 1.36 bits per heavy atom. The van der Waals surface area contributed by atoms with Gasteiger partial charge in [-0.2, -0.15) is 0 Å². The monoisotopic (exact) mass is 285 g/mol. The molecule has 1 heteroatoms. The Bertz CT molecular complexity index is 829. The number of hydrogen-bond acceptors (Lipinski definition) is 1. The van der Waals surface area contributed by atoms with Crippen molar-refractivity contribution in [3.8, 4) is 22.3 Å². The van der Waals surface area contributed by atoms with Gasteiger partial charge < -0.3 is 4.90 Å². The highest BCUT2D eigenvalue weighted by molar-refractivity contribution is 5.85. The molecule has 108 valence electrons. The third-order valence-electron chi connectivity index (χ3n) is 4.55. The predicted octanol–water partition coefficient (Wildman–Crippen LogP) is 4.99. The van der Waals surface area contributed by atoms with E-state index < -0.39 is 0 Å². The van der Waals surface area contributed by atoms with E-state index >= 15 is 0 Å². The van der Waals surface area contributed by atoms with Crippen molar-refractivity contribution in [3.63, 3.8) is 0 Å². The zero-order valence-corrected chi connectivity index (χ0v) is 13.0. The number of nitrogens with zero attached hydrogens (tertiary/aromatic N) is 1.